The lowest BCUT2D eigenvalue weighted by atomic mass is 10.1. The van der Waals surface area contributed by atoms with Crippen molar-refractivity contribution in [3.05, 3.63) is 78.0 Å². The Morgan fingerprint density at radius 3 is 2.08 bits per heavy atom. The van der Waals surface area contributed by atoms with E-state index in [0.29, 0.717) is 11.3 Å². The van der Waals surface area contributed by atoms with E-state index in [1.165, 1.54) is 0 Å². The largest absolute Gasteiger partial charge is 0.442 e. The van der Waals surface area contributed by atoms with Gasteiger partial charge < -0.3 is 4.74 Å². The molecule has 0 saturated carbocycles. The summed E-state index contributed by atoms with van der Waals surface area (Å²) >= 11 is 0. The highest BCUT2D eigenvalue weighted by Gasteiger charge is 2.25. The lowest BCUT2D eigenvalue weighted by Crippen LogP contribution is -2.29. The summed E-state index contributed by atoms with van der Waals surface area (Å²) in [5.74, 6) is -0.286. The van der Waals surface area contributed by atoms with Crippen molar-refractivity contribution < 1.29 is 14.3 Å². The van der Waals surface area contributed by atoms with Crippen LogP contribution < -0.4 is 0 Å². The van der Waals surface area contributed by atoms with Gasteiger partial charge in [-0.3, -0.25) is 4.79 Å². The first-order valence-corrected chi connectivity index (χ1v) is 8.34. The molecule has 0 aliphatic heterocycles. The maximum Gasteiger partial charge on any atom is 0.435 e. The van der Waals surface area contributed by atoms with Gasteiger partial charge in [0.15, 0.2) is 0 Å². The Kier molecular flexibility index (Phi) is 4.71. The number of hydrogen-bond donors (Lipinski definition) is 0. The van der Waals surface area contributed by atoms with Crippen molar-refractivity contribution in [2.75, 3.05) is 0 Å². The van der Waals surface area contributed by atoms with Crippen LogP contribution in [0, 0.1) is 0 Å². The molecule has 3 aromatic rings. The third-order valence-corrected chi connectivity index (χ3v) is 3.61. The SMILES string of the molecule is CC(C)(C)OC(=O)n1nc(-c2ccccc2)cc1C(=O)c1ccccc1. The van der Waals surface area contributed by atoms with Gasteiger partial charge in [0.25, 0.3) is 0 Å². The van der Waals surface area contributed by atoms with Crippen LogP contribution in [0.25, 0.3) is 11.3 Å². The Hall–Kier alpha value is -3.21. The van der Waals surface area contributed by atoms with Crippen molar-refractivity contribution in [2.24, 2.45) is 0 Å². The molecule has 0 radical (unpaired) electrons. The number of rotatable bonds is 3. The van der Waals surface area contributed by atoms with Crippen LogP contribution in [0.2, 0.25) is 0 Å². The lowest BCUT2D eigenvalue weighted by molar-refractivity contribution is 0.0506. The zero-order valence-corrected chi connectivity index (χ0v) is 15.0. The Labute approximate surface area is 152 Å². The van der Waals surface area contributed by atoms with Crippen LogP contribution in [-0.4, -0.2) is 27.3 Å². The second kappa shape index (κ2) is 6.96. The van der Waals surface area contributed by atoms with Crippen molar-refractivity contribution >= 4 is 11.9 Å². The third-order valence-electron chi connectivity index (χ3n) is 3.61. The number of hydrogen-bond acceptors (Lipinski definition) is 4. The van der Waals surface area contributed by atoms with Crippen LogP contribution in [0.3, 0.4) is 0 Å². The van der Waals surface area contributed by atoms with Crippen LogP contribution in [0.5, 0.6) is 0 Å². The first-order valence-electron chi connectivity index (χ1n) is 8.34. The van der Waals surface area contributed by atoms with Gasteiger partial charge in [-0.1, -0.05) is 60.7 Å². The molecule has 3 rings (SSSR count). The van der Waals surface area contributed by atoms with Crippen LogP contribution in [0.15, 0.2) is 66.7 Å². The molecule has 0 atom stereocenters. The Morgan fingerprint density at radius 2 is 1.50 bits per heavy atom. The van der Waals surface area contributed by atoms with E-state index in [0.717, 1.165) is 10.2 Å². The Bertz CT molecular complexity index is 923. The van der Waals surface area contributed by atoms with Gasteiger partial charge in [-0.2, -0.15) is 9.78 Å². The number of carbonyl (C=O) groups is 2. The highest BCUT2D eigenvalue weighted by molar-refractivity contribution is 6.09. The van der Waals surface area contributed by atoms with E-state index in [-0.39, 0.29) is 11.5 Å². The number of aromatic nitrogens is 2. The fourth-order valence-electron chi connectivity index (χ4n) is 2.47. The fraction of sp³-hybridized carbons (Fsp3) is 0.190. The quantitative estimate of drug-likeness (QED) is 0.651. The number of ketones is 1. The molecule has 0 N–H and O–H groups in total. The summed E-state index contributed by atoms with van der Waals surface area (Å²) < 4.78 is 6.45. The fourth-order valence-corrected chi connectivity index (χ4v) is 2.47. The average Bonchev–Trinajstić information content (AvgIpc) is 3.07. The summed E-state index contributed by atoms with van der Waals surface area (Å²) in [5.41, 5.74) is 1.32. The number of nitrogens with zero attached hydrogens (tertiary/aromatic N) is 2. The molecule has 0 spiro atoms. The van der Waals surface area contributed by atoms with E-state index in [9.17, 15) is 9.59 Å². The average molecular weight is 348 g/mol. The molecule has 26 heavy (non-hydrogen) atoms. The van der Waals surface area contributed by atoms with Crippen molar-refractivity contribution in [3.8, 4) is 11.3 Å². The number of ether oxygens (including phenoxy) is 1. The van der Waals surface area contributed by atoms with Crippen molar-refractivity contribution in [3.63, 3.8) is 0 Å². The van der Waals surface area contributed by atoms with Gasteiger partial charge in [0.05, 0.1) is 5.69 Å². The Balaban J connectivity index is 2.07. The summed E-state index contributed by atoms with van der Waals surface area (Å²) in [6.45, 7) is 5.31. The van der Waals surface area contributed by atoms with E-state index in [2.05, 4.69) is 5.10 Å². The molecule has 0 bridgehead atoms. The van der Waals surface area contributed by atoms with E-state index in [1.54, 1.807) is 51.1 Å². The topological polar surface area (TPSA) is 61.2 Å². The highest BCUT2D eigenvalue weighted by Crippen LogP contribution is 2.22. The van der Waals surface area contributed by atoms with Gasteiger partial charge in [-0.25, -0.2) is 4.79 Å². The van der Waals surface area contributed by atoms with E-state index in [4.69, 9.17) is 4.74 Å². The molecule has 0 aliphatic carbocycles. The second-order valence-electron chi connectivity index (χ2n) is 6.87. The monoisotopic (exact) mass is 348 g/mol. The molecule has 0 unspecified atom stereocenters. The van der Waals surface area contributed by atoms with Gasteiger partial charge in [0.2, 0.25) is 5.78 Å². The van der Waals surface area contributed by atoms with E-state index in [1.807, 2.05) is 36.4 Å². The first-order chi connectivity index (χ1) is 12.3. The molecule has 0 aliphatic rings. The normalized spacial score (nSPS) is 11.2. The third kappa shape index (κ3) is 3.88. The predicted octanol–water partition coefficient (Wildman–Crippen LogP) is 4.56. The van der Waals surface area contributed by atoms with Gasteiger partial charge in [-0.05, 0) is 26.8 Å². The Morgan fingerprint density at radius 1 is 0.923 bits per heavy atom. The van der Waals surface area contributed by atoms with E-state index >= 15 is 0 Å². The summed E-state index contributed by atoms with van der Waals surface area (Å²) in [5, 5.41) is 4.33. The molecule has 1 heterocycles. The van der Waals surface area contributed by atoms with Gasteiger partial charge >= 0.3 is 6.09 Å². The molecule has 5 nitrogen and oxygen atoms in total. The molecule has 5 heteroatoms. The zero-order valence-electron chi connectivity index (χ0n) is 15.0. The smallest absolute Gasteiger partial charge is 0.435 e. The first kappa shape index (κ1) is 17.6. The van der Waals surface area contributed by atoms with Crippen LogP contribution >= 0.6 is 0 Å². The van der Waals surface area contributed by atoms with Gasteiger partial charge in [-0.15, -0.1) is 0 Å². The van der Waals surface area contributed by atoms with Crippen LogP contribution in [0.1, 0.15) is 36.8 Å². The number of carbonyl (C=O) groups excluding carboxylic acids is 2. The molecule has 1 aromatic heterocycles. The molecular formula is C21H20N2O3. The minimum atomic E-state index is -0.691. The molecule has 0 saturated heterocycles. The van der Waals surface area contributed by atoms with Crippen molar-refractivity contribution in [1.82, 2.24) is 9.78 Å². The summed E-state index contributed by atoms with van der Waals surface area (Å²) in [7, 11) is 0. The summed E-state index contributed by atoms with van der Waals surface area (Å²) in [6.07, 6.45) is -0.682. The molecule has 0 amide bonds. The van der Waals surface area contributed by atoms with Gasteiger partial charge in [0.1, 0.15) is 11.3 Å². The van der Waals surface area contributed by atoms with Gasteiger partial charge in [0, 0.05) is 11.1 Å². The lowest BCUT2D eigenvalue weighted by Gasteiger charge is -2.19. The molecular weight excluding hydrogens is 328 g/mol. The molecule has 2 aromatic carbocycles. The second-order valence-corrected chi connectivity index (χ2v) is 6.87. The number of benzene rings is 2. The maximum atomic E-state index is 12.9. The standard InChI is InChI=1S/C21H20N2O3/c1-21(2,3)26-20(25)23-18(19(24)16-12-8-5-9-13-16)14-17(22-23)15-10-6-4-7-11-15/h4-14H,1-3H3. The molecule has 132 valence electrons. The highest BCUT2D eigenvalue weighted by atomic mass is 16.6. The van der Waals surface area contributed by atoms with Crippen LogP contribution in [0.4, 0.5) is 4.79 Å². The van der Waals surface area contributed by atoms with Crippen molar-refractivity contribution in [2.45, 2.75) is 26.4 Å². The summed E-state index contributed by atoms with van der Waals surface area (Å²) in [4.78, 5) is 25.5. The van der Waals surface area contributed by atoms with E-state index < -0.39 is 11.7 Å². The minimum Gasteiger partial charge on any atom is -0.442 e. The summed E-state index contributed by atoms with van der Waals surface area (Å²) in [6, 6.07) is 19.8. The minimum absolute atomic E-state index is 0.171. The molecule has 0 fully saturated rings. The zero-order chi connectivity index (χ0) is 18.7. The predicted molar refractivity (Wildman–Crippen MR) is 99.2 cm³/mol. The van der Waals surface area contributed by atoms with Crippen LogP contribution in [-0.2, 0) is 4.74 Å². The van der Waals surface area contributed by atoms with Crippen molar-refractivity contribution in [1.29, 1.82) is 0 Å². The maximum absolute atomic E-state index is 12.9.